The second kappa shape index (κ2) is 9.69. The SMILES string of the molecule is Cl.O=C(C1CCNCC1)N1CCN(Cc2nc(-c3ccc(Cl)cc3)no2)CC1. The fourth-order valence-electron chi connectivity index (χ4n) is 3.68. The number of nitrogens with zero attached hydrogens (tertiary/aromatic N) is 4. The highest BCUT2D eigenvalue weighted by Gasteiger charge is 2.28. The maximum atomic E-state index is 12.6. The second-order valence-electron chi connectivity index (χ2n) is 7.14. The van der Waals surface area contributed by atoms with Crippen LogP contribution in [0.2, 0.25) is 5.02 Å². The van der Waals surface area contributed by atoms with Crippen molar-refractivity contribution in [3.8, 4) is 11.4 Å². The monoisotopic (exact) mass is 425 g/mol. The lowest BCUT2D eigenvalue weighted by atomic mass is 9.96. The molecule has 4 rings (SSSR count). The molecule has 0 atom stereocenters. The maximum absolute atomic E-state index is 12.6. The van der Waals surface area contributed by atoms with Gasteiger partial charge in [-0.1, -0.05) is 16.8 Å². The highest BCUT2D eigenvalue weighted by atomic mass is 35.5. The Bertz CT molecular complexity index is 769. The number of rotatable bonds is 4. The third-order valence-corrected chi connectivity index (χ3v) is 5.55. The molecule has 2 aliphatic rings. The zero-order chi connectivity index (χ0) is 18.6. The van der Waals surface area contributed by atoms with Crippen molar-refractivity contribution in [2.75, 3.05) is 39.3 Å². The van der Waals surface area contributed by atoms with Crippen molar-refractivity contribution in [3.63, 3.8) is 0 Å². The molecule has 0 saturated carbocycles. The van der Waals surface area contributed by atoms with E-state index in [2.05, 4.69) is 20.4 Å². The Labute approximate surface area is 175 Å². The normalized spacial score (nSPS) is 18.7. The van der Waals surface area contributed by atoms with Gasteiger partial charge in [0, 0.05) is 42.7 Å². The molecule has 9 heteroatoms. The summed E-state index contributed by atoms with van der Waals surface area (Å²) in [6.45, 7) is 5.69. The predicted octanol–water partition coefficient (Wildman–Crippen LogP) is 2.46. The van der Waals surface area contributed by atoms with Crippen molar-refractivity contribution in [1.29, 1.82) is 0 Å². The average Bonchev–Trinajstić information content (AvgIpc) is 3.18. The highest BCUT2D eigenvalue weighted by Crippen LogP contribution is 2.20. The summed E-state index contributed by atoms with van der Waals surface area (Å²) >= 11 is 5.91. The van der Waals surface area contributed by atoms with E-state index in [4.69, 9.17) is 16.1 Å². The molecule has 1 N–H and O–H groups in total. The van der Waals surface area contributed by atoms with E-state index in [1.165, 1.54) is 0 Å². The zero-order valence-corrected chi connectivity index (χ0v) is 17.2. The quantitative estimate of drug-likeness (QED) is 0.810. The Kier molecular flexibility index (Phi) is 7.29. The third kappa shape index (κ3) is 5.03. The Hall–Kier alpha value is -1.67. The number of piperazine rings is 1. The van der Waals surface area contributed by atoms with Gasteiger partial charge in [-0.3, -0.25) is 9.69 Å². The number of piperidine rings is 1. The molecule has 28 heavy (non-hydrogen) atoms. The Balaban J connectivity index is 0.00000225. The summed E-state index contributed by atoms with van der Waals surface area (Å²) in [4.78, 5) is 21.4. The number of nitrogens with one attached hydrogen (secondary N) is 1. The first kappa shape index (κ1) is 21.0. The number of amides is 1. The van der Waals surface area contributed by atoms with E-state index in [1.807, 2.05) is 29.2 Å². The van der Waals surface area contributed by atoms with E-state index >= 15 is 0 Å². The molecule has 7 nitrogen and oxygen atoms in total. The van der Waals surface area contributed by atoms with Crippen LogP contribution in [-0.4, -0.2) is 65.1 Å². The van der Waals surface area contributed by atoms with Crippen molar-refractivity contribution in [2.24, 2.45) is 5.92 Å². The van der Waals surface area contributed by atoms with Crippen LogP contribution in [0.15, 0.2) is 28.8 Å². The number of aromatic nitrogens is 2. The Morgan fingerprint density at radius 3 is 2.50 bits per heavy atom. The first-order valence-electron chi connectivity index (χ1n) is 9.49. The molecule has 152 valence electrons. The Morgan fingerprint density at radius 1 is 1.14 bits per heavy atom. The molecule has 0 bridgehead atoms. The Morgan fingerprint density at radius 2 is 1.82 bits per heavy atom. The van der Waals surface area contributed by atoms with E-state index in [1.54, 1.807) is 0 Å². The van der Waals surface area contributed by atoms with Gasteiger partial charge in [-0.05, 0) is 50.2 Å². The van der Waals surface area contributed by atoms with Gasteiger partial charge in [0.2, 0.25) is 17.6 Å². The van der Waals surface area contributed by atoms with E-state index in [9.17, 15) is 4.79 Å². The van der Waals surface area contributed by atoms with E-state index < -0.39 is 0 Å². The molecule has 1 aromatic heterocycles. The van der Waals surface area contributed by atoms with Gasteiger partial charge in [0.1, 0.15) is 0 Å². The summed E-state index contributed by atoms with van der Waals surface area (Å²) in [6, 6.07) is 7.38. The molecule has 2 fully saturated rings. The van der Waals surface area contributed by atoms with Crippen molar-refractivity contribution in [1.82, 2.24) is 25.3 Å². The highest BCUT2D eigenvalue weighted by molar-refractivity contribution is 6.30. The maximum Gasteiger partial charge on any atom is 0.241 e. The van der Waals surface area contributed by atoms with Crippen LogP contribution in [0.5, 0.6) is 0 Å². The molecule has 1 aromatic carbocycles. The fourth-order valence-corrected chi connectivity index (χ4v) is 3.81. The predicted molar refractivity (Wildman–Crippen MR) is 109 cm³/mol. The van der Waals surface area contributed by atoms with Gasteiger partial charge in [0.25, 0.3) is 0 Å². The lowest BCUT2D eigenvalue weighted by molar-refractivity contribution is -0.138. The molecule has 2 aliphatic heterocycles. The van der Waals surface area contributed by atoms with Crippen LogP contribution in [0.4, 0.5) is 0 Å². The van der Waals surface area contributed by atoms with Crippen molar-refractivity contribution in [3.05, 3.63) is 35.2 Å². The van der Waals surface area contributed by atoms with Crippen molar-refractivity contribution >= 4 is 29.9 Å². The number of halogens is 2. The van der Waals surface area contributed by atoms with E-state index in [0.717, 1.165) is 57.7 Å². The van der Waals surface area contributed by atoms with Crippen molar-refractivity contribution in [2.45, 2.75) is 19.4 Å². The molecule has 0 unspecified atom stereocenters. The third-order valence-electron chi connectivity index (χ3n) is 5.30. The molecule has 3 heterocycles. The summed E-state index contributed by atoms with van der Waals surface area (Å²) in [5.74, 6) is 1.68. The topological polar surface area (TPSA) is 74.5 Å². The lowest BCUT2D eigenvalue weighted by Crippen LogP contribution is -2.51. The average molecular weight is 426 g/mol. The van der Waals surface area contributed by atoms with Crippen molar-refractivity contribution < 1.29 is 9.32 Å². The van der Waals surface area contributed by atoms with Gasteiger partial charge in [-0.25, -0.2) is 0 Å². The molecule has 2 saturated heterocycles. The van der Waals surface area contributed by atoms with Gasteiger partial charge in [0.15, 0.2) is 0 Å². The van der Waals surface area contributed by atoms with Gasteiger partial charge >= 0.3 is 0 Å². The summed E-state index contributed by atoms with van der Waals surface area (Å²) in [5, 5.41) is 8.05. The first-order chi connectivity index (χ1) is 13.2. The largest absolute Gasteiger partial charge is 0.340 e. The van der Waals surface area contributed by atoms with Crippen LogP contribution in [0.3, 0.4) is 0 Å². The zero-order valence-electron chi connectivity index (χ0n) is 15.6. The van der Waals surface area contributed by atoms with Gasteiger partial charge < -0.3 is 14.7 Å². The summed E-state index contributed by atoms with van der Waals surface area (Å²) in [5.41, 5.74) is 0.881. The minimum Gasteiger partial charge on any atom is -0.340 e. The number of hydrogen-bond acceptors (Lipinski definition) is 6. The standard InChI is InChI=1S/C19H24ClN5O2.ClH/c20-16-3-1-14(2-4-16)18-22-17(27-23-18)13-24-9-11-25(12-10-24)19(26)15-5-7-21-8-6-15;/h1-4,15,21H,5-13H2;1H. The van der Waals surface area contributed by atoms with Gasteiger partial charge in [-0.2, -0.15) is 4.98 Å². The van der Waals surface area contributed by atoms with Crippen LogP contribution in [0.1, 0.15) is 18.7 Å². The van der Waals surface area contributed by atoms with E-state index in [0.29, 0.717) is 29.2 Å². The summed E-state index contributed by atoms with van der Waals surface area (Å²) in [6.07, 6.45) is 1.91. The second-order valence-corrected chi connectivity index (χ2v) is 7.58. The van der Waals surface area contributed by atoms with E-state index in [-0.39, 0.29) is 18.3 Å². The smallest absolute Gasteiger partial charge is 0.241 e. The van der Waals surface area contributed by atoms with Gasteiger partial charge in [-0.15, -0.1) is 12.4 Å². The molecular formula is C19H25Cl2N5O2. The number of carbonyl (C=O) groups excluding carboxylic acids is 1. The van der Waals surface area contributed by atoms with Gasteiger partial charge in [0.05, 0.1) is 6.54 Å². The molecule has 0 spiro atoms. The number of hydrogen-bond donors (Lipinski definition) is 1. The molecule has 2 aromatic rings. The van der Waals surface area contributed by atoms with Crippen LogP contribution in [-0.2, 0) is 11.3 Å². The van der Waals surface area contributed by atoms with Crippen LogP contribution in [0, 0.1) is 5.92 Å². The number of carbonyl (C=O) groups is 1. The molecule has 0 aliphatic carbocycles. The van der Waals surface area contributed by atoms with Crippen LogP contribution in [0.25, 0.3) is 11.4 Å². The lowest BCUT2D eigenvalue weighted by Gasteiger charge is -2.36. The summed E-state index contributed by atoms with van der Waals surface area (Å²) < 4.78 is 5.40. The van der Waals surface area contributed by atoms with Crippen LogP contribution >= 0.6 is 24.0 Å². The summed E-state index contributed by atoms with van der Waals surface area (Å²) in [7, 11) is 0. The molecular weight excluding hydrogens is 401 g/mol. The minimum absolute atomic E-state index is 0. The minimum atomic E-state index is 0. The first-order valence-corrected chi connectivity index (χ1v) is 9.87. The number of benzene rings is 1. The molecule has 1 amide bonds. The fraction of sp³-hybridized carbons (Fsp3) is 0.526. The molecule has 0 radical (unpaired) electrons. The van der Waals surface area contributed by atoms with Crippen LogP contribution < -0.4 is 5.32 Å².